The zero-order chi connectivity index (χ0) is 33.8. The van der Waals surface area contributed by atoms with Gasteiger partial charge < -0.3 is 14.6 Å². The maximum Gasteiger partial charge on any atom is 0.332 e. The number of Topliss-reactive ketones (excluding diaryl/α,β-unsaturated/α-hetero) is 1. The van der Waals surface area contributed by atoms with Crippen molar-refractivity contribution in [3.63, 3.8) is 0 Å². The molecule has 0 aliphatic rings. The number of benzene rings is 2. The van der Waals surface area contributed by atoms with Gasteiger partial charge in [0.1, 0.15) is 23.1 Å². The molecule has 1 unspecified atom stereocenters. The summed E-state index contributed by atoms with van der Waals surface area (Å²) in [5.74, 6) is -1.70. The van der Waals surface area contributed by atoms with Gasteiger partial charge in [-0.1, -0.05) is 51.1 Å². The molecule has 2 aromatic carbocycles. The van der Waals surface area contributed by atoms with Crippen LogP contribution in [0, 0.1) is 17.0 Å². The molecule has 0 amide bonds. The minimum Gasteiger partial charge on any atom is -0.391 e. The lowest BCUT2D eigenvalue weighted by atomic mass is 9.89. The second-order valence-electron chi connectivity index (χ2n) is 12.5. The number of rotatable bonds is 14. The van der Waals surface area contributed by atoms with E-state index in [0.29, 0.717) is 30.1 Å². The van der Waals surface area contributed by atoms with Gasteiger partial charge in [0.05, 0.1) is 31.2 Å². The number of nitrogens with zero attached hydrogens (tertiary/aromatic N) is 3. The molecule has 0 fully saturated rings. The van der Waals surface area contributed by atoms with Crippen LogP contribution in [0.1, 0.15) is 37.5 Å². The molecule has 2 heterocycles. The lowest BCUT2D eigenvalue weighted by Gasteiger charge is -2.26. The molecule has 0 radical (unpaired) electrons. The van der Waals surface area contributed by atoms with Crippen molar-refractivity contribution < 1.29 is 28.2 Å². The van der Waals surface area contributed by atoms with Crippen LogP contribution in [0.2, 0.25) is 0 Å². The molecule has 9 nitrogen and oxygen atoms in total. The van der Waals surface area contributed by atoms with Crippen LogP contribution in [0.15, 0.2) is 52.1 Å². The fourth-order valence-corrected chi connectivity index (χ4v) is 6.40. The third-order valence-corrected chi connectivity index (χ3v) is 9.22. The molecular weight excluding hydrogens is 616 g/mol. The van der Waals surface area contributed by atoms with E-state index in [1.807, 2.05) is 36.2 Å². The van der Waals surface area contributed by atoms with Crippen LogP contribution in [0.4, 0.5) is 8.78 Å². The summed E-state index contributed by atoms with van der Waals surface area (Å²) >= 11 is 1.19. The van der Waals surface area contributed by atoms with Crippen LogP contribution >= 0.6 is 11.3 Å². The second kappa shape index (κ2) is 14.9. The first-order chi connectivity index (χ1) is 21.8. The molecule has 0 spiro atoms. The first kappa shape index (κ1) is 35.3. The smallest absolute Gasteiger partial charge is 0.332 e. The molecule has 1 N–H and O–H groups in total. The predicted molar refractivity (Wildman–Crippen MR) is 175 cm³/mol. The first-order valence-electron chi connectivity index (χ1n) is 14.9. The number of aromatic nitrogens is 2. The van der Waals surface area contributed by atoms with Gasteiger partial charge in [-0.2, -0.15) is 0 Å². The van der Waals surface area contributed by atoms with Crippen molar-refractivity contribution in [1.29, 1.82) is 0 Å². The van der Waals surface area contributed by atoms with Crippen molar-refractivity contribution in [1.82, 2.24) is 14.0 Å². The number of likely N-dealkylation sites (N-methyl/N-ethyl adjacent to an activating group) is 1. The van der Waals surface area contributed by atoms with Crippen LogP contribution in [-0.4, -0.2) is 72.1 Å². The van der Waals surface area contributed by atoms with Crippen LogP contribution < -0.4 is 11.2 Å². The summed E-state index contributed by atoms with van der Waals surface area (Å²) in [7, 11) is 4.94. The van der Waals surface area contributed by atoms with E-state index in [0.717, 1.165) is 27.8 Å². The van der Waals surface area contributed by atoms with Crippen LogP contribution in [0.3, 0.4) is 0 Å². The summed E-state index contributed by atoms with van der Waals surface area (Å²) in [4.78, 5) is 43.4. The van der Waals surface area contributed by atoms with Gasteiger partial charge in [-0.25, -0.2) is 13.6 Å². The highest BCUT2D eigenvalue weighted by atomic mass is 32.1. The number of aliphatic hydroxyl groups is 1. The first-order valence-corrected chi connectivity index (χ1v) is 15.8. The van der Waals surface area contributed by atoms with E-state index in [1.165, 1.54) is 29.1 Å². The van der Waals surface area contributed by atoms with Crippen molar-refractivity contribution in [2.45, 2.75) is 52.9 Å². The fraction of sp³-hybridized carbons (Fsp3) is 0.441. The molecule has 0 saturated carbocycles. The van der Waals surface area contributed by atoms with Gasteiger partial charge in [0.2, 0.25) is 0 Å². The minimum atomic E-state index is -1.06. The monoisotopic (exact) mass is 657 g/mol. The number of thiophene rings is 1. The Hall–Kier alpha value is -3.55. The van der Waals surface area contributed by atoms with Crippen molar-refractivity contribution in [3.8, 4) is 10.4 Å². The number of carbonyl (C=O) groups excluding carboxylic acids is 1. The van der Waals surface area contributed by atoms with Crippen LogP contribution in [0.25, 0.3) is 20.7 Å². The molecule has 4 rings (SSSR count). The lowest BCUT2D eigenvalue weighted by molar-refractivity contribution is -0.121. The number of ketones is 1. The van der Waals surface area contributed by atoms with E-state index in [4.69, 9.17) is 9.47 Å². The Labute approximate surface area is 270 Å². The van der Waals surface area contributed by atoms with E-state index in [1.54, 1.807) is 27.9 Å². The predicted octanol–water partition coefficient (Wildman–Crippen LogP) is 4.46. The summed E-state index contributed by atoms with van der Waals surface area (Å²) in [6.07, 6.45) is -0.866. The highest BCUT2D eigenvalue weighted by Gasteiger charge is 2.28. The molecule has 0 bridgehead atoms. The Morgan fingerprint density at radius 3 is 2.24 bits per heavy atom. The largest absolute Gasteiger partial charge is 0.391 e. The normalized spacial score (nSPS) is 12.7. The Kier molecular flexibility index (Phi) is 11.4. The number of methoxy groups -OCH3 is 2. The highest BCUT2D eigenvalue weighted by molar-refractivity contribution is 7.22. The molecule has 2 aromatic heterocycles. The van der Waals surface area contributed by atoms with Gasteiger partial charge in [-0.05, 0) is 41.3 Å². The molecule has 4 aromatic rings. The molecule has 12 heteroatoms. The molecule has 0 saturated heterocycles. The third kappa shape index (κ3) is 7.87. The Morgan fingerprint density at radius 1 is 1.00 bits per heavy atom. The summed E-state index contributed by atoms with van der Waals surface area (Å²) in [6.45, 7) is 5.91. The number of ether oxygens (including phenoxy) is 2. The molecule has 46 heavy (non-hydrogen) atoms. The number of hydrogen-bond donors (Lipinski definition) is 1. The van der Waals surface area contributed by atoms with Crippen molar-refractivity contribution in [2.24, 2.45) is 5.41 Å². The van der Waals surface area contributed by atoms with Gasteiger partial charge in [0, 0.05) is 44.2 Å². The van der Waals surface area contributed by atoms with E-state index >= 15 is 0 Å². The SMILES string of the molecule is COCCN(C)Cc1c(-c2ccc(CC(=O)COC)cc2)sc2c1c(=O)n(CC(O)C(C)(C)C)c(=O)n2Cc1c(F)cccc1F. The van der Waals surface area contributed by atoms with E-state index < -0.39 is 40.9 Å². The van der Waals surface area contributed by atoms with Gasteiger partial charge in [-0.15, -0.1) is 11.3 Å². The quantitative estimate of drug-likeness (QED) is 0.214. The number of aliphatic hydroxyl groups excluding tert-OH is 1. The van der Waals surface area contributed by atoms with Gasteiger partial charge in [0.15, 0.2) is 5.78 Å². The van der Waals surface area contributed by atoms with E-state index in [2.05, 4.69) is 0 Å². The maximum absolute atomic E-state index is 14.9. The third-order valence-electron chi connectivity index (χ3n) is 7.92. The molecule has 1 atom stereocenters. The molecule has 0 aliphatic heterocycles. The van der Waals surface area contributed by atoms with Crippen molar-refractivity contribution >= 4 is 27.3 Å². The highest BCUT2D eigenvalue weighted by Crippen LogP contribution is 2.38. The average molecular weight is 658 g/mol. The van der Waals surface area contributed by atoms with Crippen LogP contribution in [-0.2, 0) is 40.3 Å². The van der Waals surface area contributed by atoms with Crippen LogP contribution in [0.5, 0.6) is 0 Å². The molecule has 0 aliphatic carbocycles. The zero-order valence-electron chi connectivity index (χ0n) is 27.1. The summed E-state index contributed by atoms with van der Waals surface area (Å²) in [6, 6.07) is 10.8. The van der Waals surface area contributed by atoms with Crippen molar-refractivity contribution in [2.75, 3.05) is 41.0 Å². The Balaban J connectivity index is 2.00. The maximum atomic E-state index is 14.9. The van der Waals surface area contributed by atoms with E-state index in [-0.39, 0.29) is 41.1 Å². The summed E-state index contributed by atoms with van der Waals surface area (Å²) in [5.41, 5.74) is -0.166. The minimum absolute atomic E-state index is 0.00629. The van der Waals surface area contributed by atoms with Gasteiger partial charge in [0.25, 0.3) is 5.56 Å². The Morgan fingerprint density at radius 2 is 1.65 bits per heavy atom. The van der Waals surface area contributed by atoms with E-state index in [9.17, 15) is 28.3 Å². The van der Waals surface area contributed by atoms with Crippen molar-refractivity contribution in [3.05, 3.63) is 91.6 Å². The number of fused-ring (bicyclic) bond motifs is 1. The van der Waals surface area contributed by atoms with Gasteiger partial charge in [-0.3, -0.25) is 23.6 Å². The number of halogens is 2. The lowest BCUT2D eigenvalue weighted by Crippen LogP contribution is -2.45. The topological polar surface area (TPSA) is 103 Å². The number of carbonyl (C=O) groups is 1. The molecule has 248 valence electrons. The standard InChI is InChI=1S/C34H41F2N3O6S/c1-34(2,3)28(41)19-38-31(42)29-25(17-37(4)14-15-44-5)30(22-12-10-21(11-13-22)16-23(40)20-45-6)46-32(29)39(33(38)43)18-24-26(35)8-7-9-27(24)36/h7-13,28,41H,14-20H2,1-6H3. The second-order valence-corrected chi connectivity index (χ2v) is 13.5. The summed E-state index contributed by atoms with van der Waals surface area (Å²) < 4.78 is 42.2. The Bertz CT molecular complexity index is 1790. The number of hydrogen-bond acceptors (Lipinski definition) is 8. The zero-order valence-corrected chi connectivity index (χ0v) is 27.9. The van der Waals surface area contributed by atoms with Gasteiger partial charge >= 0.3 is 5.69 Å². The summed E-state index contributed by atoms with van der Waals surface area (Å²) in [5, 5.41) is 11.2. The fourth-order valence-electron chi connectivity index (χ4n) is 5.10. The average Bonchev–Trinajstić information content (AvgIpc) is 3.36. The molecular formula is C34H41F2N3O6S.